The maximum absolute atomic E-state index is 12.1. The lowest BCUT2D eigenvalue weighted by Crippen LogP contribution is -2.54. The van der Waals surface area contributed by atoms with E-state index in [2.05, 4.69) is 17.1 Å². The molecule has 0 aliphatic carbocycles. The first kappa shape index (κ1) is 17.4. The molecule has 25 heavy (non-hydrogen) atoms. The lowest BCUT2D eigenvalue weighted by molar-refractivity contribution is -0.131. The molecule has 1 amide bonds. The largest absolute Gasteiger partial charge is 0.369 e. The second-order valence-electron chi connectivity index (χ2n) is 6.37. The van der Waals surface area contributed by atoms with E-state index >= 15 is 0 Å². The molecule has 0 spiro atoms. The molecule has 7 heteroatoms. The van der Waals surface area contributed by atoms with Gasteiger partial charge in [-0.15, -0.1) is 10.2 Å². The summed E-state index contributed by atoms with van der Waals surface area (Å²) in [6, 6.07) is 10.2. The molecule has 1 aliphatic rings. The number of anilines is 1. The standard InChI is InChI=1S/C18H25N5O2/c1-4-23-16(13-25-12-15-8-6-5-7-9-15)19-20-18(23)22-10-14(2)21(3)17(24)11-22/h5-9,14H,4,10-13H2,1-3H3. The number of aromatic nitrogens is 3. The summed E-state index contributed by atoms with van der Waals surface area (Å²) in [6.07, 6.45) is 0. The number of nitrogens with zero attached hydrogens (tertiary/aromatic N) is 5. The summed E-state index contributed by atoms with van der Waals surface area (Å²) < 4.78 is 7.82. The van der Waals surface area contributed by atoms with E-state index in [1.807, 2.05) is 53.8 Å². The van der Waals surface area contributed by atoms with Gasteiger partial charge in [0.15, 0.2) is 5.82 Å². The zero-order valence-electron chi connectivity index (χ0n) is 15.1. The van der Waals surface area contributed by atoms with E-state index in [0.29, 0.717) is 19.8 Å². The molecule has 0 bridgehead atoms. The number of piperazine rings is 1. The predicted octanol–water partition coefficient (Wildman–Crippen LogP) is 1.68. The first-order chi connectivity index (χ1) is 12.1. The monoisotopic (exact) mass is 343 g/mol. The normalized spacial score (nSPS) is 18.0. The molecule has 1 fully saturated rings. The molecule has 7 nitrogen and oxygen atoms in total. The van der Waals surface area contributed by atoms with E-state index in [4.69, 9.17) is 4.74 Å². The van der Waals surface area contributed by atoms with Crippen molar-refractivity contribution in [1.29, 1.82) is 0 Å². The number of rotatable bonds is 6. The number of likely N-dealkylation sites (N-methyl/N-ethyl adjacent to an activating group) is 1. The molecule has 0 radical (unpaired) electrons. The van der Waals surface area contributed by atoms with Crippen LogP contribution in [0.4, 0.5) is 5.95 Å². The van der Waals surface area contributed by atoms with Gasteiger partial charge in [-0.3, -0.25) is 9.36 Å². The Hall–Kier alpha value is -2.41. The Morgan fingerprint density at radius 3 is 2.64 bits per heavy atom. The minimum atomic E-state index is 0.103. The van der Waals surface area contributed by atoms with E-state index < -0.39 is 0 Å². The molecule has 134 valence electrons. The molecule has 0 N–H and O–H groups in total. The molecule has 1 aromatic carbocycles. The van der Waals surface area contributed by atoms with E-state index in [1.165, 1.54) is 0 Å². The Bertz CT molecular complexity index is 716. The predicted molar refractivity (Wildman–Crippen MR) is 95.1 cm³/mol. The van der Waals surface area contributed by atoms with Gasteiger partial charge in [-0.25, -0.2) is 0 Å². The molecule has 1 aromatic heterocycles. The molecule has 2 heterocycles. The van der Waals surface area contributed by atoms with Gasteiger partial charge >= 0.3 is 0 Å². The van der Waals surface area contributed by atoms with Crippen molar-refractivity contribution in [2.45, 2.75) is 39.6 Å². The van der Waals surface area contributed by atoms with Crippen LogP contribution in [0.25, 0.3) is 0 Å². The fraction of sp³-hybridized carbons (Fsp3) is 0.500. The Kier molecular flexibility index (Phi) is 5.33. The highest BCUT2D eigenvalue weighted by molar-refractivity contribution is 5.82. The number of amides is 1. The zero-order chi connectivity index (χ0) is 17.8. The van der Waals surface area contributed by atoms with Gasteiger partial charge in [0.2, 0.25) is 11.9 Å². The van der Waals surface area contributed by atoms with E-state index in [-0.39, 0.29) is 11.9 Å². The minimum absolute atomic E-state index is 0.103. The van der Waals surface area contributed by atoms with Gasteiger partial charge in [-0.1, -0.05) is 30.3 Å². The molecule has 1 atom stereocenters. The smallest absolute Gasteiger partial charge is 0.242 e. The Balaban J connectivity index is 1.67. The minimum Gasteiger partial charge on any atom is -0.369 e. The maximum atomic E-state index is 12.1. The third kappa shape index (κ3) is 3.82. The van der Waals surface area contributed by atoms with Gasteiger partial charge in [-0.2, -0.15) is 0 Å². The van der Waals surface area contributed by atoms with Crippen LogP contribution in [-0.4, -0.2) is 51.8 Å². The van der Waals surface area contributed by atoms with Crippen LogP contribution in [0, 0.1) is 0 Å². The fourth-order valence-electron chi connectivity index (χ4n) is 3.00. The third-order valence-electron chi connectivity index (χ3n) is 4.61. The first-order valence-electron chi connectivity index (χ1n) is 8.64. The van der Waals surface area contributed by atoms with Crippen molar-refractivity contribution in [3.63, 3.8) is 0 Å². The molecule has 1 aliphatic heterocycles. The summed E-state index contributed by atoms with van der Waals surface area (Å²) in [4.78, 5) is 15.9. The van der Waals surface area contributed by atoms with E-state index in [0.717, 1.165) is 30.4 Å². The van der Waals surface area contributed by atoms with Gasteiger partial charge in [0, 0.05) is 26.2 Å². The summed E-state index contributed by atoms with van der Waals surface area (Å²) in [7, 11) is 1.84. The Morgan fingerprint density at radius 1 is 1.20 bits per heavy atom. The van der Waals surface area contributed by atoms with Crippen LogP contribution >= 0.6 is 0 Å². The number of benzene rings is 1. The summed E-state index contributed by atoms with van der Waals surface area (Å²) in [5.74, 6) is 1.63. The van der Waals surface area contributed by atoms with Crippen LogP contribution in [0.15, 0.2) is 30.3 Å². The summed E-state index contributed by atoms with van der Waals surface area (Å²) in [6.45, 7) is 6.86. The molecule has 3 rings (SSSR count). The second-order valence-corrected chi connectivity index (χ2v) is 6.37. The average Bonchev–Trinajstić information content (AvgIpc) is 3.03. The molecular formula is C18H25N5O2. The Labute approximate surface area is 148 Å². The molecule has 0 saturated carbocycles. The van der Waals surface area contributed by atoms with Crippen LogP contribution < -0.4 is 4.90 Å². The van der Waals surface area contributed by atoms with Crippen molar-refractivity contribution in [2.24, 2.45) is 0 Å². The number of carbonyl (C=O) groups excluding carboxylic acids is 1. The number of hydrogen-bond donors (Lipinski definition) is 0. The van der Waals surface area contributed by atoms with Crippen molar-refractivity contribution in [1.82, 2.24) is 19.7 Å². The third-order valence-corrected chi connectivity index (χ3v) is 4.61. The van der Waals surface area contributed by atoms with Gasteiger partial charge in [0.05, 0.1) is 13.2 Å². The fourth-order valence-corrected chi connectivity index (χ4v) is 3.00. The van der Waals surface area contributed by atoms with Gasteiger partial charge in [0.25, 0.3) is 0 Å². The van der Waals surface area contributed by atoms with Crippen molar-refractivity contribution in [3.05, 3.63) is 41.7 Å². The van der Waals surface area contributed by atoms with Crippen molar-refractivity contribution in [2.75, 3.05) is 25.0 Å². The first-order valence-corrected chi connectivity index (χ1v) is 8.64. The van der Waals surface area contributed by atoms with Gasteiger partial charge in [0.1, 0.15) is 6.61 Å². The highest BCUT2D eigenvalue weighted by Crippen LogP contribution is 2.19. The van der Waals surface area contributed by atoms with Crippen molar-refractivity contribution < 1.29 is 9.53 Å². The molecule has 2 aromatic rings. The van der Waals surface area contributed by atoms with E-state index in [1.54, 1.807) is 4.90 Å². The summed E-state index contributed by atoms with van der Waals surface area (Å²) >= 11 is 0. The topological polar surface area (TPSA) is 63.5 Å². The van der Waals surface area contributed by atoms with Crippen LogP contribution in [0.5, 0.6) is 0 Å². The second kappa shape index (κ2) is 7.65. The SMILES string of the molecule is CCn1c(COCc2ccccc2)nnc1N1CC(=O)N(C)C(C)C1. The summed E-state index contributed by atoms with van der Waals surface area (Å²) in [5, 5.41) is 8.60. The number of hydrogen-bond acceptors (Lipinski definition) is 5. The highest BCUT2D eigenvalue weighted by Gasteiger charge is 2.30. The number of carbonyl (C=O) groups is 1. The number of ether oxygens (including phenoxy) is 1. The van der Waals surface area contributed by atoms with Crippen LogP contribution in [0.3, 0.4) is 0 Å². The lowest BCUT2D eigenvalue weighted by atomic mass is 10.2. The lowest BCUT2D eigenvalue weighted by Gasteiger charge is -2.37. The molecular weight excluding hydrogens is 318 g/mol. The molecule has 1 unspecified atom stereocenters. The maximum Gasteiger partial charge on any atom is 0.242 e. The van der Waals surface area contributed by atoms with Crippen molar-refractivity contribution in [3.8, 4) is 0 Å². The average molecular weight is 343 g/mol. The summed E-state index contributed by atoms with van der Waals surface area (Å²) in [5.41, 5.74) is 1.13. The highest BCUT2D eigenvalue weighted by atomic mass is 16.5. The van der Waals surface area contributed by atoms with Gasteiger partial charge in [-0.05, 0) is 19.4 Å². The van der Waals surface area contributed by atoms with E-state index in [9.17, 15) is 4.79 Å². The Morgan fingerprint density at radius 2 is 1.96 bits per heavy atom. The van der Waals surface area contributed by atoms with Crippen LogP contribution in [-0.2, 0) is 29.3 Å². The molecule has 1 saturated heterocycles. The van der Waals surface area contributed by atoms with Crippen LogP contribution in [0.1, 0.15) is 25.2 Å². The quantitative estimate of drug-likeness (QED) is 0.798. The van der Waals surface area contributed by atoms with Gasteiger partial charge < -0.3 is 14.5 Å². The zero-order valence-corrected chi connectivity index (χ0v) is 15.1. The van der Waals surface area contributed by atoms with Crippen molar-refractivity contribution >= 4 is 11.9 Å². The van der Waals surface area contributed by atoms with Crippen LogP contribution in [0.2, 0.25) is 0 Å².